The highest BCUT2D eigenvalue weighted by atomic mass is 32.1. The van der Waals surface area contributed by atoms with E-state index in [2.05, 4.69) is 28.1 Å². The minimum atomic E-state index is -0.494. The number of ether oxygens (including phenoxy) is 1. The zero-order chi connectivity index (χ0) is 12.7. The summed E-state index contributed by atoms with van der Waals surface area (Å²) in [4.78, 5) is 11.2. The van der Waals surface area contributed by atoms with E-state index in [1.54, 1.807) is 13.0 Å². The summed E-state index contributed by atoms with van der Waals surface area (Å²) in [6.45, 7) is 2.06. The van der Waals surface area contributed by atoms with Crippen molar-refractivity contribution in [3.8, 4) is 0 Å². The van der Waals surface area contributed by atoms with Crippen LogP contribution in [-0.2, 0) is 4.74 Å². The van der Waals surface area contributed by atoms with Crippen LogP contribution in [0, 0.1) is 0 Å². The van der Waals surface area contributed by atoms with Crippen molar-refractivity contribution in [3.05, 3.63) is 17.0 Å². The Morgan fingerprint density at radius 3 is 3.18 bits per heavy atom. The molecule has 0 spiro atoms. The fourth-order valence-corrected chi connectivity index (χ4v) is 1.75. The summed E-state index contributed by atoms with van der Waals surface area (Å²) in [5, 5.41) is 8.96. The second-order valence-electron chi connectivity index (χ2n) is 2.78. The molecule has 1 heterocycles. The molecule has 0 bridgehead atoms. The maximum atomic E-state index is 11.2. The average molecular weight is 272 g/mol. The molecule has 1 amide bonds. The van der Waals surface area contributed by atoms with E-state index in [1.807, 2.05) is 5.38 Å². The quantitative estimate of drug-likeness (QED) is 0.439. The van der Waals surface area contributed by atoms with Crippen molar-refractivity contribution >= 4 is 46.0 Å². The van der Waals surface area contributed by atoms with Crippen LogP contribution in [-0.4, -0.2) is 24.0 Å². The van der Waals surface area contributed by atoms with Gasteiger partial charge in [0.25, 0.3) is 0 Å². The number of amides is 1. The first-order chi connectivity index (χ1) is 8.13. The first kappa shape index (κ1) is 13.4. The zero-order valence-electron chi connectivity index (χ0n) is 9.10. The van der Waals surface area contributed by atoms with Crippen LogP contribution < -0.4 is 16.5 Å². The molecule has 4 N–H and O–H groups in total. The summed E-state index contributed by atoms with van der Waals surface area (Å²) in [5.74, 6) is 0. The fourth-order valence-electron chi connectivity index (χ4n) is 0.948. The highest BCUT2D eigenvalue weighted by molar-refractivity contribution is 7.80. The predicted octanol–water partition coefficient (Wildman–Crippen LogP) is 1.48. The van der Waals surface area contributed by atoms with E-state index >= 15 is 0 Å². The van der Waals surface area contributed by atoms with Crippen molar-refractivity contribution in [3.63, 3.8) is 0 Å². The van der Waals surface area contributed by atoms with E-state index in [-0.39, 0.29) is 5.11 Å². The lowest BCUT2D eigenvalue weighted by Crippen LogP contribution is -2.24. The maximum absolute atomic E-state index is 11.2. The van der Waals surface area contributed by atoms with Gasteiger partial charge < -0.3 is 10.5 Å². The first-order valence-electron chi connectivity index (χ1n) is 4.73. The Morgan fingerprint density at radius 2 is 2.53 bits per heavy atom. The predicted molar refractivity (Wildman–Crippen MR) is 72.5 cm³/mol. The van der Waals surface area contributed by atoms with Crippen LogP contribution in [0.4, 0.5) is 9.80 Å². The second kappa shape index (κ2) is 6.81. The molecule has 0 saturated carbocycles. The van der Waals surface area contributed by atoms with Crippen molar-refractivity contribution in [2.45, 2.75) is 6.92 Å². The largest absolute Gasteiger partial charge is 0.450 e. The SMILES string of the molecule is CCOC(=O)Nc1sccc1C=NNC(N)=S. The number of carbonyl (C=O) groups excluding carboxylic acids is 1. The minimum absolute atomic E-state index is 0.0800. The summed E-state index contributed by atoms with van der Waals surface area (Å²) in [5.41, 5.74) is 8.38. The highest BCUT2D eigenvalue weighted by Gasteiger charge is 2.07. The number of thiocarbonyl (C=S) groups is 1. The first-order valence-corrected chi connectivity index (χ1v) is 6.02. The lowest BCUT2D eigenvalue weighted by Gasteiger charge is -2.03. The molecular formula is C9H12N4O2S2. The third-order valence-corrected chi connectivity index (χ3v) is 2.50. The Bertz CT molecular complexity index is 430. The number of hydrazone groups is 1. The maximum Gasteiger partial charge on any atom is 0.412 e. The normalized spacial score (nSPS) is 10.2. The van der Waals surface area contributed by atoms with Crippen LogP contribution in [0.1, 0.15) is 12.5 Å². The molecule has 17 heavy (non-hydrogen) atoms. The van der Waals surface area contributed by atoms with Gasteiger partial charge in [-0.3, -0.25) is 10.7 Å². The van der Waals surface area contributed by atoms with Gasteiger partial charge in [-0.25, -0.2) is 4.79 Å². The van der Waals surface area contributed by atoms with Crippen molar-refractivity contribution in [1.29, 1.82) is 0 Å². The number of nitrogens with one attached hydrogen (secondary N) is 2. The smallest absolute Gasteiger partial charge is 0.412 e. The van der Waals surface area contributed by atoms with Crippen LogP contribution in [0.5, 0.6) is 0 Å². The van der Waals surface area contributed by atoms with Crippen LogP contribution in [0.15, 0.2) is 16.5 Å². The van der Waals surface area contributed by atoms with Crippen molar-refractivity contribution in [2.24, 2.45) is 10.8 Å². The van der Waals surface area contributed by atoms with Gasteiger partial charge in [-0.15, -0.1) is 11.3 Å². The Hall–Kier alpha value is -1.67. The number of nitrogens with zero attached hydrogens (tertiary/aromatic N) is 1. The third-order valence-electron chi connectivity index (χ3n) is 1.57. The van der Waals surface area contributed by atoms with Gasteiger partial charge in [0, 0.05) is 5.56 Å². The lowest BCUT2D eigenvalue weighted by molar-refractivity contribution is 0.168. The number of hydrogen-bond donors (Lipinski definition) is 3. The molecule has 0 saturated heterocycles. The molecule has 0 aromatic carbocycles. The topological polar surface area (TPSA) is 88.7 Å². The van der Waals surface area contributed by atoms with Crippen molar-refractivity contribution in [2.75, 3.05) is 11.9 Å². The molecule has 92 valence electrons. The lowest BCUT2D eigenvalue weighted by atomic mass is 10.3. The molecule has 1 aromatic rings. The molecule has 1 aromatic heterocycles. The van der Waals surface area contributed by atoms with Gasteiger partial charge in [0.1, 0.15) is 5.00 Å². The van der Waals surface area contributed by atoms with Gasteiger partial charge in [0.2, 0.25) is 0 Å². The monoisotopic (exact) mass is 272 g/mol. The van der Waals surface area contributed by atoms with Gasteiger partial charge in [-0.2, -0.15) is 5.10 Å². The van der Waals surface area contributed by atoms with Gasteiger partial charge >= 0.3 is 6.09 Å². The van der Waals surface area contributed by atoms with Crippen LogP contribution in [0.25, 0.3) is 0 Å². The summed E-state index contributed by atoms with van der Waals surface area (Å²) < 4.78 is 4.77. The number of rotatable bonds is 4. The van der Waals surface area contributed by atoms with Gasteiger partial charge in [0.05, 0.1) is 12.8 Å². The van der Waals surface area contributed by atoms with Crippen LogP contribution in [0.3, 0.4) is 0 Å². The Labute approximate surface area is 108 Å². The number of hydrogen-bond acceptors (Lipinski definition) is 5. The van der Waals surface area contributed by atoms with E-state index in [0.717, 1.165) is 5.56 Å². The number of carbonyl (C=O) groups is 1. The third kappa shape index (κ3) is 4.79. The summed E-state index contributed by atoms with van der Waals surface area (Å²) in [7, 11) is 0. The van der Waals surface area contributed by atoms with Crippen LogP contribution in [0.2, 0.25) is 0 Å². The summed E-state index contributed by atoms with van der Waals surface area (Å²) in [6.07, 6.45) is 1.02. The molecule has 0 radical (unpaired) electrons. The Kier molecular flexibility index (Phi) is 5.37. The number of anilines is 1. The fraction of sp³-hybridized carbons (Fsp3) is 0.222. The Morgan fingerprint density at radius 1 is 1.76 bits per heavy atom. The van der Waals surface area contributed by atoms with E-state index in [4.69, 9.17) is 10.5 Å². The van der Waals surface area contributed by atoms with E-state index < -0.39 is 6.09 Å². The molecule has 0 fully saturated rings. The molecule has 1 rings (SSSR count). The molecule has 0 atom stereocenters. The van der Waals surface area contributed by atoms with Crippen molar-refractivity contribution in [1.82, 2.24) is 5.43 Å². The van der Waals surface area contributed by atoms with Crippen LogP contribution >= 0.6 is 23.6 Å². The van der Waals surface area contributed by atoms with Gasteiger partial charge in [0.15, 0.2) is 5.11 Å². The van der Waals surface area contributed by atoms with E-state index in [0.29, 0.717) is 11.6 Å². The number of nitrogens with two attached hydrogens (primary N) is 1. The second-order valence-corrected chi connectivity index (χ2v) is 4.14. The van der Waals surface area contributed by atoms with E-state index in [1.165, 1.54) is 17.6 Å². The zero-order valence-corrected chi connectivity index (χ0v) is 10.7. The minimum Gasteiger partial charge on any atom is -0.450 e. The Balaban J connectivity index is 2.62. The van der Waals surface area contributed by atoms with E-state index in [9.17, 15) is 4.79 Å². The molecule has 0 unspecified atom stereocenters. The number of thiophene rings is 1. The molecule has 0 aliphatic heterocycles. The highest BCUT2D eigenvalue weighted by Crippen LogP contribution is 2.21. The average Bonchev–Trinajstić information content (AvgIpc) is 2.65. The summed E-state index contributed by atoms with van der Waals surface area (Å²) >= 11 is 5.96. The standard InChI is InChI=1S/C9H12N4O2S2/c1-2-15-9(14)12-7-6(3-4-17-7)5-11-13-8(10)16/h3-5H,2H2,1H3,(H,12,14)(H3,10,13,16). The van der Waals surface area contributed by atoms with Crippen molar-refractivity contribution < 1.29 is 9.53 Å². The molecule has 8 heteroatoms. The van der Waals surface area contributed by atoms with Gasteiger partial charge in [-0.05, 0) is 30.6 Å². The molecule has 6 nitrogen and oxygen atoms in total. The molecule has 0 aliphatic rings. The summed E-state index contributed by atoms with van der Waals surface area (Å²) in [6, 6.07) is 1.80. The molecule has 0 aliphatic carbocycles. The molecular weight excluding hydrogens is 260 g/mol. The van der Waals surface area contributed by atoms with Gasteiger partial charge in [-0.1, -0.05) is 0 Å².